The van der Waals surface area contributed by atoms with E-state index in [4.69, 9.17) is 26.3 Å². The second-order valence-corrected chi connectivity index (χ2v) is 9.09. The van der Waals surface area contributed by atoms with E-state index in [1.807, 2.05) is 49.4 Å². The van der Waals surface area contributed by atoms with Gasteiger partial charge in [-0.15, -0.1) is 0 Å². The highest BCUT2D eigenvalue weighted by atomic mass is 35.5. The number of aromatic nitrogens is 2. The molecule has 1 atom stereocenters. The summed E-state index contributed by atoms with van der Waals surface area (Å²) in [5, 5.41) is 0.703. The average molecular weight is 463 g/mol. The van der Waals surface area contributed by atoms with Gasteiger partial charge in [0.2, 0.25) is 5.95 Å². The highest BCUT2D eigenvalue weighted by Gasteiger charge is 2.31. The van der Waals surface area contributed by atoms with Crippen LogP contribution in [0.4, 0.5) is 11.6 Å². The van der Waals surface area contributed by atoms with Gasteiger partial charge in [-0.05, 0) is 49.1 Å². The second kappa shape index (κ2) is 9.02. The van der Waals surface area contributed by atoms with E-state index in [1.54, 1.807) is 7.11 Å². The normalized spacial score (nSPS) is 18.3. The quantitative estimate of drug-likeness (QED) is 0.560. The number of carbonyl (C=O) groups is 1. The Kier molecular flexibility index (Phi) is 5.94. The molecule has 0 amide bonds. The van der Waals surface area contributed by atoms with E-state index in [-0.39, 0.29) is 11.7 Å². The first-order valence-electron chi connectivity index (χ1n) is 11.3. The van der Waals surface area contributed by atoms with Crippen LogP contribution in [0.25, 0.3) is 0 Å². The van der Waals surface area contributed by atoms with E-state index in [1.165, 1.54) is 0 Å². The molecule has 2 heterocycles. The number of fused-ring (bicyclic) bond motifs is 1. The van der Waals surface area contributed by atoms with Gasteiger partial charge in [-0.1, -0.05) is 35.9 Å². The van der Waals surface area contributed by atoms with Crippen molar-refractivity contribution in [2.24, 2.45) is 0 Å². The molecular weight excluding hydrogens is 436 g/mol. The van der Waals surface area contributed by atoms with Crippen molar-refractivity contribution in [1.82, 2.24) is 9.97 Å². The summed E-state index contributed by atoms with van der Waals surface area (Å²) in [4.78, 5) is 27.2. The number of hydrogen-bond donors (Lipinski definition) is 0. The molecule has 1 aromatic heterocycles. The van der Waals surface area contributed by atoms with Crippen molar-refractivity contribution in [2.45, 2.75) is 25.7 Å². The number of para-hydroxylation sites is 2. The number of ether oxygens (including phenoxy) is 1. The lowest BCUT2D eigenvalue weighted by Crippen LogP contribution is -2.47. The summed E-state index contributed by atoms with van der Waals surface area (Å²) in [6, 6.07) is 15.9. The van der Waals surface area contributed by atoms with Crippen LogP contribution >= 0.6 is 11.6 Å². The number of ketones is 1. The molecule has 0 spiro atoms. The zero-order valence-electron chi connectivity index (χ0n) is 18.9. The summed E-state index contributed by atoms with van der Waals surface area (Å²) < 4.78 is 5.53. The molecule has 7 heteroatoms. The standard InChI is InChI=1S/C26H27ClN4O2/c1-17-25-21(15-19(16-23(25)32)18-7-9-20(27)10-8-18)29-26(28-17)31-13-11-30(12-14-31)22-5-3-4-6-24(22)33-2/h3-10,19H,11-16H2,1-2H3/t19-/m1/s1. The number of hydrogen-bond acceptors (Lipinski definition) is 6. The number of nitrogens with zero attached hydrogens (tertiary/aromatic N) is 4. The minimum absolute atomic E-state index is 0.117. The highest BCUT2D eigenvalue weighted by Crippen LogP contribution is 2.35. The van der Waals surface area contributed by atoms with Crippen molar-refractivity contribution in [1.29, 1.82) is 0 Å². The number of methoxy groups -OCH3 is 1. The van der Waals surface area contributed by atoms with Crippen molar-refractivity contribution >= 4 is 29.0 Å². The molecule has 3 aromatic rings. The third-order valence-electron chi connectivity index (χ3n) is 6.63. The molecule has 1 aliphatic heterocycles. The van der Waals surface area contributed by atoms with Crippen molar-refractivity contribution in [2.75, 3.05) is 43.1 Å². The average Bonchev–Trinajstić information content (AvgIpc) is 2.84. The Morgan fingerprint density at radius 3 is 2.36 bits per heavy atom. The van der Waals surface area contributed by atoms with Gasteiger partial charge in [0.25, 0.3) is 0 Å². The van der Waals surface area contributed by atoms with Gasteiger partial charge in [0, 0.05) is 37.6 Å². The SMILES string of the molecule is COc1ccccc1N1CCN(c2nc(C)c3c(n2)C[C@@H](c2ccc(Cl)cc2)CC3=O)CC1. The van der Waals surface area contributed by atoms with Crippen LogP contribution < -0.4 is 14.5 Å². The summed E-state index contributed by atoms with van der Waals surface area (Å²) in [6.07, 6.45) is 1.22. The van der Waals surface area contributed by atoms with E-state index in [0.717, 1.165) is 66.9 Å². The van der Waals surface area contributed by atoms with Crippen LogP contribution in [-0.2, 0) is 6.42 Å². The monoisotopic (exact) mass is 462 g/mol. The Balaban J connectivity index is 1.36. The van der Waals surface area contributed by atoms with E-state index in [2.05, 4.69) is 15.9 Å². The summed E-state index contributed by atoms with van der Waals surface area (Å²) in [6.45, 7) is 5.25. The Labute approximate surface area is 199 Å². The minimum atomic E-state index is 0.117. The van der Waals surface area contributed by atoms with Crippen molar-refractivity contribution < 1.29 is 9.53 Å². The number of rotatable bonds is 4. The molecule has 170 valence electrons. The predicted octanol–water partition coefficient (Wildman–Crippen LogP) is 4.69. The Morgan fingerprint density at radius 2 is 1.64 bits per heavy atom. The first-order valence-corrected chi connectivity index (χ1v) is 11.7. The first-order chi connectivity index (χ1) is 16.0. The largest absolute Gasteiger partial charge is 0.495 e. The molecule has 0 bridgehead atoms. The molecule has 2 aliphatic rings. The Morgan fingerprint density at radius 1 is 0.939 bits per heavy atom. The zero-order valence-corrected chi connectivity index (χ0v) is 19.7. The van der Waals surface area contributed by atoms with Gasteiger partial charge in [-0.2, -0.15) is 0 Å². The molecule has 6 nitrogen and oxygen atoms in total. The van der Waals surface area contributed by atoms with Crippen LogP contribution in [0, 0.1) is 6.92 Å². The fourth-order valence-electron chi connectivity index (χ4n) is 4.91. The molecule has 1 fully saturated rings. The summed E-state index contributed by atoms with van der Waals surface area (Å²) in [7, 11) is 1.71. The van der Waals surface area contributed by atoms with Crippen LogP contribution in [0.2, 0.25) is 5.02 Å². The topological polar surface area (TPSA) is 58.6 Å². The lowest BCUT2D eigenvalue weighted by Gasteiger charge is -2.37. The number of anilines is 2. The van der Waals surface area contributed by atoms with E-state index >= 15 is 0 Å². The van der Waals surface area contributed by atoms with Gasteiger partial charge in [-0.25, -0.2) is 9.97 Å². The lowest BCUT2D eigenvalue weighted by atomic mass is 9.81. The fraction of sp³-hybridized carbons (Fsp3) is 0.346. The third-order valence-corrected chi connectivity index (χ3v) is 6.89. The van der Waals surface area contributed by atoms with Gasteiger partial charge in [-0.3, -0.25) is 4.79 Å². The number of halogens is 1. The Bertz CT molecular complexity index is 1170. The second-order valence-electron chi connectivity index (χ2n) is 8.66. The van der Waals surface area contributed by atoms with Crippen LogP contribution in [0.15, 0.2) is 48.5 Å². The van der Waals surface area contributed by atoms with Gasteiger partial charge >= 0.3 is 0 Å². The van der Waals surface area contributed by atoms with Gasteiger partial charge in [0.05, 0.1) is 29.7 Å². The number of aryl methyl sites for hydroxylation is 1. The lowest BCUT2D eigenvalue weighted by molar-refractivity contribution is 0.0962. The molecule has 0 saturated carbocycles. The molecule has 0 N–H and O–H groups in total. The number of piperazine rings is 1. The number of carbonyl (C=O) groups excluding carboxylic acids is 1. The fourth-order valence-corrected chi connectivity index (χ4v) is 5.03. The van der Waals surface area contributed by atoms with Crippen LogP contribution in [0.5, 0.6) is 5.75 Å². The smallest absolute Gasteiger partial charge is 0.225 e. The van der Waals surface area contributed by atoms with E-state index in [0.29, 0.717) is 17.0 Å². The maximum atomic E-state index is 13.0. The van der Waals surface area contributed by atoms with E-state index < -0.39 is 0 Å². The van der Waals surface area contributed by atoms with Gasteiger partial charge in [0.15, 0.2) is 5.78 Å². The number of Topliss-reactive ketones (excluding diaryl/α,β-unsaturated/α-hetero) is 1. The van der Waals surface area contributed by atoms with Crippen molar-refractivity contribution in [3.05, 3.63) is 76.1 Å². The summed E-state index contributed by atoms with van der Waals surface area (Å²) in [5.74, 6) is 1.85. The molecule has 1 saturated heterocycles. The van der Waals surface area contributed by atoms with Crippen LogP contribution in [0.1, 0.15) is 39.6 Å². The van der Waals surface area contributed by atoms with Gasteiger partial charge < -0.3 is 14.5 Å². The van der Waals surface area contributed by atoms with Crippen LogP contribution in [-0.4, -0.2) is 49.0 Å². The third kappa shape index (κ3) is 4.27. The molecule has 0 radical (unpaired) electrons. The maximum Gasteiger partial charge on any atom is 0.225 e. The molecule has 1 aliphatic carbocycles. The Hall–Kier alpha value is -3.12. The molecular formula is C26H27ClN4O2. The first kappa shape index (κ1) is 21.7. The van der Waals surface area contributed by atoms with Crippen LogP contribution in [0.3, 0.4) is 0 Å². The van der Waals surface area contributed by atoms with Crippen molar-refractivity contribution in [3.8, 4) is 5.75 Å². The predicted molar refractivity (Wildman–Crippen MR) is 131 cm³/mol. The molecule has 2 aromatic carbocycles. The highest BCUT2D eigenvalue weighted by molar-refractivity contribution is 6.30. The maximum absolute atomic E-state index is 13.0. The van der Waals surface area contributed by atoms with E-state index in [9.17, 15) is 4.79 Å². The number of benzene rings is 2. The van der Waals surface area contributed by atoms with Gasteiger partial charge in [0.1, 0.15) is 5.75 Å². The molecule has 33 heavy (non-hydrogen) atoms. The zero-order chi connectivity index (χ0) is 22.9. The summed E-state index contributed by atoms with van der Waals surface area (Å²) >= 11 is 6.05. The van der Waals surface area contributed by atoms with Crippen molar-refractivity contribution in [3.63, 3.8) is 0 Å². The molecule has 5 rings (SSSR count). The summed E-state index contributed by atoms with van der Waals surface area (Å²) in [5.41, 5.74) is 4.58. The molecule has 0 unspecified atom stereocenters. The minimum Gasteiger partial charge on any atom is -0.495 e.